The molecule has 0 radical (unpaired) electrons. The van der Waals surface area contributed by atoms with Crippen LogP contribution in [0, 0.1) is 0 Å². The van der Waals surface area contributed by atoms with Crippen LogP contribution in [0.15, 0.2) is 126 Å². The molecule has 0 saturated carbocycles. The van der Waals surface area contributed by atoms with Gasteiger partial charge in [-0.2, -0.15) is 4.99 Å². The smallest absolute Gasteiger partial charge is 0.285 e. The van der Waals surface area contributed by atoms with Gasteiger partial charge in [-0.15, -0.1) is 0 Å². The van der Waals surface area contributed by atoms with Crippen molar-refractivity contribution in [1.29, 1.82) is 0 Å². The lowest BCUT2D eigenvalue weighted by Gasteiger charge is -2.10. The van der Waals surface area contributed by atoms with E-state index in [9.17, 15) is 9.59 Å². The van der Waals surface area contributed by atoms with E-state index < -0.39 is 0 Å². The van der Waals surface area contributed by atoms with Gasteiger partial charge in [0.1, 0.15) is 11.6 Å². The molecule has 0 bridgehead atoms. The van der Waals surface area contributed by atoms with Gasteiger partial charge in [-0.25, -0.2) is 9.97 Å². The fourth-order valence-corrected chi connectivity index (χ4v) is 4.53. The standard InChI is InChI=1S/C18H16N4OS.C10H11N3.C8H5NOS/c1-19-16-10-7-13-11-14(8-9-15(13)21-16)20-18(24)22-17(23)12-5-3-2-4-6-12;1-12-10-5-2-7-6-8(11)3-4-9(7)13-10;10-8(9-6-11)7-4-2-1-3-5-7/h2-11H,1H3,(H,19,21)(H2,20,22,23,24);2-6H,11H2,1H3,(H,12,13);1-5H. The van der Waals surface area contributed by atoms with Crippen LogP contribution in [0.2, 0.25) is 0 Å². The normalized spacial score (nSPS) is 9.79. The maximum absolute atomic E-state index is 12.1. The van der Waals surface area contributed by atoms with Crippen molar-refractivity contribution in [2.24, 2.45) is 4.99 Å². The average Bonchev–Trinajstić information content (AvgIpc) is 3.12. The van der Waals surface area contributed by atoms with E-state index in [-0.39, 0.29) is 16.9 Å². The van der Waals surface area contributed by atoms with Crippen LogP contribution >= 0.6 is 24.4 Å². The molecule has 0 fully saturated rings. The molecule has 0 atom stereocenters. The summed E-state index contributed by atoms with van der Waals surface area (Å²) in [5.74, 6) is 1.10. The number of anilines is 4. The Labute approximate surface area is 288 Å². The summed E-state index contributed by atoms with van der Waals surface area (Å²) in [6.07, 6.45) is 0. The second-order valence-electron chi connectivity index (χ2n) is 9.90. The quantitative estimate of drug-likeness (QED) is 0.0724. The van der Waals surface area contributed by atoms with E-state index >= 15 is 0 Å². The van der Waals surface area contributed by atoms with Crippen LogP contribution in [0.3, 0.4) is 0 Å². The zero-order chi connectivity index (χ0) is 34.3. The predicted octanol–water partition coefficient (Wildman–Crippen LogP) is 7.19. The van der Waals surface area contributed by atoms with E-state index in [4.69, 9.17) is 18.0 Å². The SMILES string of the molecule is CNc1ccc2cc(N)ccc2n1.CNc1ccc2cc(NC(=S)NC(=O)c3ccccc3)ccc2n1.O=C(N=C=S)c1ccccc1. The number of hydrogen-bond donors (Lipinski definition) is 5. The van der Waals surface area contributed by atoms with Gasteiger partial charge < -0.3 is 21.7 Å². The minimum Gasteiger partial charge on any atom is -0.399 e. The zero-order valence-corrected chi connectivity index (χ0v) is 27.7. The van der Waals surface area contributed by atoms with Crippen molar-refractivity contribution in [2.75, 3.05) is 35.8 Å². The molecule has 12 heteroatoms. The predicted molar refractivity (Wildman–Crippen MR) is 203 cm³/mol. The minimum atomic E-state index is -0.347. The lowest BCUT2D eigenvalue weighted by atomic mass is 10.2. The Kier molecular flexibility index (Phi) is 12.7. The number of thiocarbonyl (C=S) groups is 2. The molecular formula is C36H32N8O2S2. The highest BCUT2D eigenvalue weighted by atomic mass is 32.1. The van der Waals surface area contributed by atoms with Crippen LogP contribution in [-0.2, 0) is 0 Å². The third kappa shape index (κ3) is 10.2. The van der Waals surface area contributed by atoms with Crippen molar-refractivity contribution >= 4 is 91.3 Å². The fourth-order valence-electron chi connectivity index (χ4n) is 4.24. The van der Waals surface area contributed by atoms with Gasteiger partial charge in [-0.05, 0) is 109 Å². The van der Waals surface area contributed by atoms with Gasteiger partial charge in [0.05, 0.1) is 16.2 Å². The summed E-state index contributed by atoms with van der Waals surface area (Å²) < 4.78 is 0. The van der Waals surface area contributed by atoms with Crippen LogP contribution < -0.4 is 27.0 Å². The van der Waals surface area contributed by atoms with E-state index in [2.05, 4.69) is 48.4 Å². The fraction of sp³-hybridized carbons (Fsp3) is 0.0556. The lowest BCUT2D eigenvalue weighted by Crippen LogP contribution is -2.34. The van der Waals surface area contributed by atoms with E-state index in [0.717, 1.165) is 44.8 Å². The first kappa shape index (κ1) is 34.8. The number of pyridine rings is 2. The summed E-state index contributed by atoms with van der Waals surface area (Å²) >= 11 is 9.50. The number of carbonyl (C=O) groups is 2. The highest BCUT2D eigenvalue weighted by molar-refractivity contribution is 7.80. The molecule has 0 spiro atoms. The van der Waals surface area contributed by atoms with Gasteiger partial charge in [0, 0.05) is 47.4 Å². The molecule has 6 aromatic rings. The molecule has 2 aromatic heterocycles. The number of fused-ring (bicyclic) bond motifs is 2. The summed E-state index contributed by atoms with van der Waals surface area (Å²) in [6.45, 7) is 0. The Hall–Kier alpha value is -6.07. The number of nitrogens with two attached hydrogens (primary N) is 1. The Morgan fingerprint density at radius 3 is 1.81 bits per heavy atom. The summed E-state index contributed by atoms with van der Waals surface area (Å²) in [4.78, 5) is 35.2. The van der Waals surface area contributed by atoms with Crippen molar-refractivity contribution in [3.63, 3.8) is 0 Å². The number of nitrogen functional groups attached to an aromatic ring is 1. The number of benzene rings is 4. The highest BCUT2D eigenvalue weighted by Crippen LogP contribution is 2.20. The number of amides is 2. The summed E-state index contributed by atoms with van der Waals surface area (Å²) in [5.41, 5.74) is 10.1. The molecule has 240 valence electrons. The van der Waals surface area contributed by atoms with Crippen LogP contribution in [0.25, 0.3) is 21.8 Å². The van der Waals surface area contributed by atoms with Crippen LogP contribution in [0.1, 0.15) is 20.7 Å². The number of hydrogen-bond acceptors (Lipinski definition) is 9. The van der Waals surface area contributed by atoms with E-state index in [1.165, 1.54) is 0 Å². The van der Waals surface area contributed by atoms with Crippen molar-refractivity contribution < 1.29 is 9.59 Å². The van der Waals surface area contributed by atoms with Gasteiger partial charge in [0.15, 0.2) is 5.11 Å². The maximum Gasteiger partial charge on any atom is 0.285 e. The molecule has 10 nitrogen and oxygen atoms in total. The molecular weight excluding hydrogens is 641 g/mol. The summed E-state index contributed by atoms with van der Waals surface area (Å²) in [6, 6.07) is 36.9. The number of nitrogens with one attached hydrogen (secondary N) is 4. The monoisotopic (exact) mass is 672 g/mol. The van der Waals surface area contributed by atoms with Crippen LogP contribution in [0.5, 0.6) is 0 Å². The third-order valence-corrected chi connectivity index (χ3v) is 6.90. The summed E-state index contributed by atoms with van der Waals surface area (Å²) in [7, 11) is 3.68. The number of carbonyl (C=O) groups excluding carboxylic acids is 2. The molecule has 6 N–H and O–H groups in total. The molecule has 0 unspecified atom stereocenters. The van der Waals surface area contributed by atoms with Crippen molar-refractivity contribution in [1.82, 2.24) is 15.3 Å². The van der Waals surface area contributed by atoms with Crippen LogP contribution in [0.4, 0.5) is 23.0 Å². The third-order valence-electron chi connectivity index (χ3n) is 6.60. The minimum absolute atomic E-state index is 0.241. The zero-order valence-electron chi connectivity index (χ0n) is 26.1. The molecule has 0 aliphatic carbocycles. The molecule has 0 saturated heterocycles. The largest absolute Gasteiger partial charge is 0.399 e. The molecule has 0 aliphatic rings. The average molecular weight is 673 g/mol. The van der Waals surface area contributed by atoms with E-state index in [1.54, 1.807) is 48.5 Å². The highest BCUT2D eigenvalue weighted by Gasteiger charge is 2.08. The van der Waals surface area contributed by atoms with Gasteiger partial charge in [0.25, 0.3) is 11.8 Å². The topological polar surface area (TPSA) is 146 Å². The Morgan fingerprint density at radius 2 is 1.25 bits per heavy atom. The number of aromatic nitrogens is 2. The van der Waals surface area contributed by atoms with Gasteiger partial charge >= 0.3 is 0 Å². The van der Waals surface area contributed by atoms with Crippen molar-refractivity contribution in [3.05, 3.63) is 132 Å². The Bertz CT molecular complexity index is 2090. The number of rotatable bonds is 5. The number of nitrogens with zero attached hydrogens (tertiary/aromatic N) is 3. The Morgan fingerprint density at radius 1 is 0.708 bits per heavy atom. The maximum atomic E-state index is 12.1. The van der Waals surface area contributed by atoms with Gasteiger partial charge in [-0.3, -0.25) is 14.9 Å². The summed E-state index contributed by atoms with van der Waals surface area (Å²) in [5, 5.41) is 16.0. The van der Waals surface area contributed by atoms with Crippen LogP contribution in [-0.4, -0.2) is 46.2 Å². The number of aliphatic imine (C=N–C) groups is 1. The molecule has 0 aliphatic heterocycles. The second kappa shape index (κ2) is 17.6. The second-order valence-corrected chi connectivity index (χ2v) is 10.5. The van der Waals surface area contributed by atoms with Gasteiger partial charge in [-0.1, -0.05) is 36.4 Å². The molecule has 48 heavy (non-hydrogen) atoms. The lowest BCUT2D eigenvalue weighted by molar-refractivity contribution is 0.0975. The molecule has 6 rings (SSSR count). The van der Waals surface area contributed by atoms with Gasteiger partial charge in [0.2, 0.25) is 0 Å². The first-order chi connectivity index (χ1) is 23.3. The van der Waals surface area contributed by atoms with Crippen molar-refractivity contribution in [3.8, 4) is 0 Å². The molecule has 2 amide bonds. The Balaban J connectivity index is 0.000000182. The molecule has 4 aromatic carbocycles. The first-order valence-electron chi connectivity index (χ1n) is 14.6. The van der Waals surface area contributed by atoms with E-state index in [1.807, 2.05) is 92.1 Å². The van der Waals surface area contributed by atoms with Crippen molar-refractivity contribution in [2.45, 2.75) is 0 Å². The first-order valence-corrected chi connectivity index (χ1v) is 15.4. The van der Waals surface area contributed by atoms with E-state index in [0.29, 0.717) is 11.1 Å². The number of isothiocyanates is 1. The molecule has 2 heterocycles.